The van der Waals surface area contributed by atoms with Crippen molar-refractivity contribution in [3.63, 3.8) is 0 Å². The molecule has 0 aromatic heterocycles. The first kappa shape index (κ1) is 23.3. The summed E-state index contributed by atoms with van der Waals surface area (Å²) >= 11 is 0. The van der Waals surface area contributed by atoms with Crippen molar-refractivity contribution in [2.45, 2.75) is 0 Å². The van der Waals surface area contributed by atoms with Crippen LogP contribution in [-0.4, -0.2) is 39.4 Å². The van der Waals surface area contributed by atoms with Crippen molar-refractivity contribution in [2.75, 3.05) is 26.6 Å². The van der Waals surface area contributed by atoms with Gasteiger partial charge in [-0.2, -0.15) is 5.10 Å². The highest BCUT2D eigenvalue weighted by Gasteiger charge is 2.12. The number of hydrogen-bond donors (Lipinski definition) is 2. The van der Waals surface area contributed by atoms with Crippen molar-refractivity contribution in [1.29, 1.82) is 0 Å². The molecule has 0 saturated heterocycles. The minimum Gasteiger partial charge on any atom is -0.493 e. The highest BCUT2D eigenvalue weighted by molar-refractivity contribution is 6.04. The van der Waals surface area contributed by atoms with E-state index in [9.17, 15) is 14.0 Å². The molecule has 0 fully saturated rings. The molecule has 0 saturated carbocycles. The van der Waals surface area contributed by atoms with E-state index in [2.05, 4.69) is 15.8 Å². The van der Waals surface area contributed by atoms with E-state index < -0.39 is 11.7 Å². The summed E-state index contributed by atoms with van der Waals surface area (Å²) in [5.74, 6) is 0.130. The van der Waals surface area contributed by atoms with Crippen molar-refractivity contribution < 1.29 is 28.2 Å². The average molecular weight is 451 g/mol. The molecule has 0 aliphatic rings. The number of carbonyl (C=O) groups excluding carboxylic acids is 2. The van der Waals surface area contributed by atoms with Crippen molar-refractivity contribution in [2.24, 2.45) is 5.10 Å². The Morgan fingerprint density at radius 1 is 0.818 bits per heavy atom. The molecule has 33 heavy (non-hydrogen) atoms. The van der Waals surface area contributed by atoms with Crippen molar-refractivity contribution in [3.05, 3.63) is 83.2 Å². The number of hydrogen-bond acceptors (Lipinski definition) is 6. The SMILES string of the molecule is COc1cc(/C=N\NC(=O)c2ccc(NC(=O)c3ccc(F)cc3)cc2)cc(OC)c1OC. The molecule has 0 bridgehead atoms. The van der Waals surface area contributed by atoms with E-state index in [1.807, 2.05) is 0 Å². The van der Waals surface area contributed by atoms with E-state index >= 15 is 0 Å². The molecule has 9 heteroatoms. The molecule has 8 nitrogen and oxygen atoms in total. The van der Waals surface area contributed by atoms with Crippen LogP contribution in [0, 0.1) is 5.82 Å². The number of nitrogens with zero attached hydrogens (tertiary/aromatic N) is 1. The van der Waals surface area contributed by atoms with E-state index in [1.54, 1.807) is 36.4 Å². The number of benzene rings is 3. The van der Waals surface area contributed by atoms with Gasteiger partial charge in [-0.3, -0.25) is 9.59 Å². The Kier molecular flexibility index (Phi) is 7.59. The lowest BCUT2D eigenvalue weighted by Gasteiger charge is -2.12. The molecule has 2 N–H and O–H groups in total. The Bertz CT molecular complexity index is 1140. The number of carbonyl (C=O) groups is 2. The number of anilines is 1. The van der Waals surface area contributed by atoms with Crippen LogP contribution in [0.15, 0.2) is 65.8 Å². The zero-order valence-corrected chi connectivity index (χ0v) is 18.2. The molecule has 0 heterocycles. The van der Waals surface area contributed by atoms with E-state index in [4.69, 9.17) is 14.2 Å². The van der Waals surface area contributed by atoms with Crippen LogP contribution in [0.1, 0.15) is 26.3 Å². The van der Waals surface area contributed by atoms with Gasteiger partial charge in [0.25, 0.3) is 11.8 Å². The van der Waals surface area contributed by atoms with Crippen LogP contribution < -0.4 is 25.0 Å². The summed E-state index contributed by atoms with van der Waals surface area (Å²) in [5, 5.41) is 6.65. The fourth-order valence-electron chi connectivity index (χ4n) is 2.92. The third-order valence-corrected chi connectivity index (χ3v) is 4.58. The number of rotatable bonds is 8. The molecule has 0 spiro atoms. The van der Waals surface area contributed by atoms with Gasteiger partial charge in [-0.05, 0) is 60.7 Å². The quantitative estimate of drug-likeness (QED) is 0.400. The molecule has 3 rings (SSSR count). The predicted octanol–water partition coefficient (Wildman–Crippen LogP) is 3.87. The minimum absolute atomic E-state index is 0.319. The van der Waals surface area contributed by atoms with Crippen molar-refractivity contribution >= 4 is 23.7 Å². The zero-order valence-electron chi connectivity index (χ0n) is 18.2. The number of hydrazone groups is 1. The van der Waals surface area contributed by atoms with Gasteiger partial charge in [0, 0.05) is 22.4 Å². The Labute approximate surface area is 190 Å². The van der Waals surface area contributed by atoms with Gasteiger partial charge in [-0.25, -0.2) is 9.82 Å². The Balaban J connectivity index is 1.62. The van der Waals surface area contributed by atoms with E-state index in [1.165, 1.54) is 51.8 Å². The first-order valence-electron chi connectivity index (χ1n) is 9.75. The molecule has 0 radical (unpaired) electrons. The lowest BCUT2D eigenvalue weighted by molar-refractivity contribution is 0.0954. The second kappa shape index (κ2) is 10.8. The van der Waals surface area contributed by atoms with Crippen LogP contribution in [0.3, 0.4) is 0 Å². The number of halogens is 1. The molecule has 3 aromatic rings. The summed E-state index contributed by atoms with van der Waals surface area (Å²) in [4.78, 5) is 24.5. The molecular weight excluding hydrogens is 429 g/mol. The van der Waals surface area contributed by atoms with Gasteiger partial charge in [0.2, 0.25) is 5.75 Å². The third-order valence-electron chi connectivity index (χ3n) is 4.58. The zero-order chi connectivity index (χ0) is 23.8. The molecule has 2 amide bonds. The summed E-state index contributed by atoms with van der Waals surface area (Å²) in [7, 11) is 4.52. The monoisotopic (exact) mass is 451 g/mol. The molecule has 0 aliphatic carbocycles. The normalized spacial score (nSPS) is 10.5. The standard InChI is InChI=1S/C24H22FN3O5/c1-31-20-12-15(13-21(32-2)22(20)33-3)14-26-28-24(30)17-6-10-19(11-7-17)27-23(29)16-4-8-18(25)9-5-16/h4-14H,1-3H3,(H,27,29)(H,28,30)/b26-14-. The van der Waals surface area contributed by atoms with Crippen molar-refractivity contribution in [3.8, 4) is 17.2 Å². The van der Waals surface area contributed by atoms with E-state index in [0.29, 0.717) is 39.6 Å². The van der Waals surface area contributed by atoms with Crippen LogP contribution in [0.2, 0.25) is 0 Å². The first-order chi connectivity index (χ1) is 15.9. The van der Waals surface area contributed by atoms with Gasteiger partial charge in [0.1, 0.15) is 5.82 Å². The topological polar surface area (TPSA) is 98.2 Å². The van der Waals surface area contributed by atoms with Crippen LogP contribution in [0.5, 0.6) is 17.2 Å². The number of amides is 2. The highest BCUT2D eigenvalue weighted by Crippen LogP contribution is 2.37. The fraction of sp³-hybridized carbons (Fsp3) is 0.125. The summed E-state index contributed by atoms with van der Waals surface area (Å²) in [6, 6.07) is 14.8. The van der Waals surface area contributed by atoms with Gasteiger partial charge in [0.15, 0.2) is 11.5 Å². The summed E-state index contributed by atoms with van der Waals surface area (Å²) in [5.41, 5.74) is 4.22. The first-order valence-corrected chi connectivity index (χ1v) is 9.75. The van der Waals surface area contributed by atoms with Gasteiger partial charge in [0.05, 0.1) is 27.5 Å². The minimum atomic E-state index is -0.435. The highest BCUT2D eigenvalue weighted by atomic mass is 19.1. The second-order valence-corrected chi connectivity index (χ2v) is 6.70. The lowest BCUT2D eigenvalue weighted by atomic mass is 10.1. The second-order valence-electron chi connectivity index (χ2n) is 6.70. The van der Waals surface area contributed by atoms with Gasteiger partial charge in [-0.1, -0.05) is 0 Å². The van der Waals surface area contributed by atoms with Gasteiger partial charge < -0.3 is 19.5 Å². The van der Waals surface area contributed by atoms with Gasteiger partial charge >= 0.3 is 0 Å². The third kappa shape index (κ3) is 5.85. The molecular formula is C24H22FN3O5. The fourth-order valence-corrected chi connectivity index (χ4v) is 2.92. The largest absolute Gasteiger partial charge is 0.493 e. The van der Waals surface area contributed by atoms with Crippen molar-refractivity contribution in [1.82, 2.24) is 5.43 Å². The maximum Gasteiger partial charge on any atom is 0.271 e. The predicted molar refractivity (Wildman–Crippen MR) is 122 cm³/mol. The lowest BCUT2D eigenvalue weighted by Crippen LogP contribution is -2.18. The Morgan fingerprint density at radius 2 is 1.36 bits per heavy atom. The van der Waals surface area contributed by atoms with Crippen LogP contribution in [-0.2, 0) is 0 Å². The summed E-state index contributed by atoms with van der Waals surface area (Å²) < 4.78 is 28.8. The number of ether oxygens (including phenoxy) is 3. The van der Waals surface area contributed by atoms with Gasteiger partial charge in [-0.15, -0.1) is 0 Å². The number of methoxy groups -OCH3 is 3. The van der Waals surface area contributed by atoms with Crippen LogP contribution in [0.4, 0.5) is 10.1 Å². The number of nitrogens with one attached hydrogen (secondary N) is 2. The Morgan fingerprint density at radius 3 is 1.91 bits per heavy atom. The smallest absolute Gasteiger partial charge is 0.271 e. The van der Waals surface area contributed by atoms with Crippen LogP contribution >= 0.6 is 0 Å². The molecule has 0 aliphatic heterocycles. The van der Waals surface area contributed by atoms with Crippen LogP contribution in [0.25, 0.3) is 0 Å². The average Bonchev–Trinajstić information content (AvgIpc) is 2.84. The molecule has 0 unspecified atom stereocenters. The molecule has 170 valence electrons. The van der Waals surface area contributed by atoms with E-state index in [0.717, 1.165) is 0 Å². The molecule has 3 aromatic carbocycles. The maximum absolute atomic E-state index is 13.0. The molecule has 0 atom stereocenters. The summed E-state index contributed by atoms with van der Waals surface area (Å²) in [6.07, 6.45) is 1.44. The van der Waals surface area contributed by atoms with E-state index in [-0.39, 0.29) is 5.91 Å². The summed E-state index contributed by atoms with van der Waals surface area (Å²) in [6.45, 7) is 0. The Hall–Kier alpha value is -4.40. The maximum atomic E-state index is 13.0.